The molecule has 0 radical (unpaired) electrons. The monoisotopic (exact) mass is 287 g/mol. The van der Waals surface area contributed by atoms with Gasteiger partial charge in [0.05, 0.1) is 11.3 Å². The third kappa shape index (κ3) is 2.44. The quantitative estimate of drug-likeness (QED) is 0.870. The standard InChI is InChI=1S/C12H11Cl2NO3/c13-5-7-3-11(16)15(6-7)10-2-1-8(14)4-9(10)12(17)18/h1-2,4,7H,3,5-6H2,(H,17,18). The number of anilines is 1. The summed E-state index contributed by atoms with van der Waals surface area (Å²) in [5.41, 5.74) is 0.413. The van der Waals surface area contributed by atoms with Crippen molar-refractivity contribution in [2.75, 3.05) is 17.3 Å². The lowest BCUT2D eigenvalue weighted by atomic mass is 10.1. The van der Waals surface area contributed by atoms with Gasteiger partial charge in [-0.1, -0.05) is 11.6 Å². The predicted octanol–water partition coefficient (Wildman–Crippen LogP) is 2.63. The van der Waals surface area contributed by atoms with E-state index in [1.165, 1.54) is 11.0 Å². The highest BCUT2D eigenvalue weighted by molar-refractivity contribution is 6.31. The average molecular weight is 288 g/mol. The number of alkyl halides is 1. The number of benzene rings is 1. The highest BCUT2D eigenvalue weighted by atomic mass is 35.5. The highest BCUT2D eigenvalue weighted by Crippen LogP contribution is 2.30. The van der Waals surface area contributed by atoms with Gasteiger partial charge in [0.25, 0.3) is 0 Å². The molecule has 1 aliphatic rings. The molecule has 1 aromatic carbocycles. The van der Waals surface area contributed by atoms with Gasteiger partial charge in [-0.05, 0) is 24.1 Å². The Labute approximate surface area is 114 Å². The number of nitrogens with zero attached hydrogens (tertiary/aromatic N) is 1. The number of carbonyl (C=O) groups excluding carboxylic acids is 1. The molecule has 1 unspecified atom stereocenters. The third-order valence-electron chi connectivity index (χ3n) is 2.90. The van der Waals surface area contributed by atoms with Crippen molar-refractivity contribution in [3.8, 4) is 0 Å². The second kappa shape index (κ2) is 5.16. The van der Waals surface area contributed by atoms with Gasteiger partial charge in [0.2, 0.25) is 5.91 Å². The molecule has 6 heteroatoms. The maximum Gasteiger partial charge on any atom is 0.337 e. The minimum absolute atomic E-state index is 0.0334. The number of amides is 1. The largest absolute Gasteiger partial charge is 0.478 e. The molecule has 1 saturated heterocycles. The predicted molar refractivity (Wildman–Crippen MR) is 69.6 cm³/mol. The Bertz CT molecular complexity index is 504. The van der Waals surface area contributed by atoms with Crippen LogP contribution in [-0.2, 0) is 4.79 Å². The molecule has 1 heterocycles. The molecular weight excluding hydrogens is 277 g/mol. The van der Waals surface area contributed by atoms with Crippen LogP contribution in [0.25, 0.3) is 0 Å². The lowest BCUT2D eigenvalue weighted by Crippen LogP contribution is -2.26. The molecule has 1 aliphatic heterocycles. The van der Waals surface area contributed by atoms with Crippen molar-refractivity contribution in [3.05, 3.63) is 28.8 Å². The van der Waals surface area contributed by atoms with Crippen LogP contribution in [0.15, 0.2) is 18.2 Å². The first-order valence-corrected chi connectivity index (χ1v) is 6.33. The molecule has 96 valence electrons. The van der Waals surface area contributed by atoms with E-state index in [0.717, 1.165) is 0 Å². The molecule has 18 heavy (non-hydrogen) atoms. The van der Waals surface area contributed by atoms with Gasteiger partial charge in [-0.25, -0.2) is 4.79 Å². The summed E-state index contributed by atoms with van der Waals surface area (Å²) >= 11 is 11.5. The fourth-order valence-corrected chi connectivity index (χ4v) is 2.41. The molecule has 0 saturated carbocycles. The van der Waals surface area contributed by atoms with Gasteiger partial charge in [0.1, 0.15) is 0 Å². The van der Waals surface area contributed by atoms with Gasteiger partial charge in [-0.15, -0.1) is 11.6 Å². The number of halogens is 2. The van der Waals surface area contributed by atoms with Gasteiger partial charge in [-0.2, -0.15) is 0 Å². The molecule has 1 N–H and O–H groups in total. The van der Waals surface area contributed by atoms with E-state index in [1.54, 1.807) is 12.1 Å². The fourth-order valence-electron chi connectivity index (χ4n) is 2.03. The van der Waals surface area contributed by atoms with Crippen molar-refractivity contribution in [2.45, 2.75) is 6.42 Å². The lowest BCUT2D eigenvalue weighted by Gasteiger charge is -2.18. The molecular formula is C12H11Cl2NO3. The Morgan fingerprint density at radius 2 is 2.22 bits per heavy atom. The molecule has 0 spiro atoms. The lowest BCUT2D eigenvalue weighted by molar-refractivity contribution is -0.117. The molecule has 1 amide bonds. The fraction of sp³-hybridized carbons (Fsp3) is 0.333. The molecule has 0 aliphatic carbocycles. The summed E-state index contributed by atoms with van der Waals surface area (Å²) < 4.78 is 0. The van der Waals surface area contributed by atoms with Gasteiger partial charge >= 0.3 is 5.97 Å². The molecule has 1 aromatic rings. The summed E-state index contributed by atoms with van der Waals surface area (Å²) in [6.45, 7) is 0.449. The number of carboxylic acids is 1. The molecule has 1 atom stereocenters. The van der Waals surface area contributed by atoms with E-state index < -0.39 is 5.97 Å². The SMILES string of the molecule is O=C(O)c1cc(Cl)ccc1N1CC(CCl)CC1=O. The van der Waals surface area contributed by atoms with Crippen molar-refractivity contribution in [1.29, 1.82) is 0 Å². The summed E-state index contributed by atoms with van der Waals surface area (Å²) in [7, 11) is 0. The van der Waals surface area contributed by atoms with Crippen LogP contribution >= 0.6 is 23.2 Å². The molecule has 0 aromatic heterocycles. The van der Waals surface area contributed by atoms with Crippen molar-refractivity contribution in [3.63, 3.8) is 0 Å². The maximum atomic E-state index is 11.8. The molecule has 4 nitrogen and oxygen atoms in total. The van der Waals surface area contributed by atoms with Crippen LogP contribution in [0.5, 0.6) is 0 Å². The number of hydrogen-bond acceptors (Lipinski definition) is 2. The number of carbonyl (C=O) groups is 2. The summed E-state index contributed by atoms with van der Waals surface area (Å²) in [5.74, 6) is -0.755. The number of carboxylic acid groups (broad SMARTS) is 1. The molecule has 0 bridgehead atoms. The number of aromatic carboxylic acids is 1. The van der Waals surface area contributed by atoms with Crippen molar-refractivity contribution in [1.82, 2.24) is 0 Å². The summed E-state index contributed by atoms with van der Waals surface area (Å²) in [6.07, 6.45) is 0.352. The Morgan fingerprint density at radius 1 is 1.50 bits per heavy atom. The van der Waals surface area contributed by atoms with Crippen LogP contribution in [0.1, 0.15) is 16.8 Å². The van der Waals surface area contributed by atoms with E-state index in [9.17, 15) is 9.59 Å². The first kappa shape index (κ1) is 13.2. The first-order valence-electron chi connectivity index (χ1n) is 5.42. The zero-order valence-corrected chi connectivity index (χ0v) is 10.9. The van der Waals surface area contributed by atoms with Crippen LogP contribution < -0.4 is 4.90 Å². The highest BCUT2D eigenvalue weighted by Gasteiger charge is 2.32. The second-order valence-corrected chi connectivity index (χ2v) is 4.94. The van der Waals surface area contributed by atoms with Crippen molar-refractivity contribution in [2.24, 2.45) is 5.92 Å². The summed E-state index contributed by atoms with van der Waals surface area (Å²) in [6, 6.07) is 4.48. The second-order valence-electron chi connectivity index (χ2n) is 4.20. The van der Waals surface area contributed by atoms with Crippen molar-refractivity contribution < 1.29 is 14.7 Å². The molecule has 2 rings (SSSR count). The van der Waals surface area contributed by atoms with Crippen LogP contribution in [-0.4, -0.2) is 29.4 Å². The van der Waals surface area contributed by atoms with E-state index in [4.69, 9.17) is 28.3 Å². The zero-order valence-electron chi connectivity index (χ0n) is 9.40. The van der Waals surface area contributed by atoms with Crippen LogP contribution in [0.3, 0.4) is 0 Å². The normalized spacial score (nSPS) is 19.3. The summed E-state index contributed by atoms with van der Waals surface area (Å²) in [5, 5.41) is 9.47. The van der Waals surface area contributed by atoms with Crippen LogP contribution in [0.4, 0.5) is 5.69 Å². The zero-order chi connectivity index (χ0) is 13.3. The summed E-state index contributed by atoms with van der Waals surface area (Å²) in [4.78, 5) is 24.5. The van der Waals surface area contributed by atoms with E-state index >= 15 is 0 Å². The van der Waals surface area contributed by atoms with Gasteiger partial charge in [0.15, 0.2) is 0 Å². The first-order chi connectivity index (χ1) is 8.52. The Kier molecular flexibility index (Phi) is 3.78. The average Bonchev–Trinajstić information content (AvgIpc) is 2.70. The third-order valence-corrected chi connectivity index (χ3v) is 3.57. The van der Waals surface area contributed by atoms with E-state index in [0.29, 0.717) is 29.6 Å². The van der Waals surface area contributed by atoms with E-state index in [1.807, 2.05) is 0 Å². The molecule has 1 fully saturated rings. The minimum Gasteiger partial charge on any atom is -0.478 e. The number of hydrogen-bond donors (Lipinski definition) is 1. The number of rotatable bonds is 3. The smallest absolute Gasteiger partial charge is 0.337 e. The Balaban J connectivity index is 2.39. The Morgan fingerprint density at radius 3 is 2.78 bits per heavy atom. The minimum atomic E-state index is -1.10. The van der Waals surface area contributed by atoms with E-state index in [-0.39, 0.29) is 17.4 Å². The van der Waals surface area contributed by atoms with Gasteiger partial charge in [-0.3, -0.25) is 4.79 Å². The van der Waals surface area contributed by atoms with E-state index in [2.05, 4.69) is 0 Å². The van der Waals surface area contributed by atoms with Crippen molar-refractivity contribution >= 4 is 40.8 Å². The Hall–Kier alpha value is -1.26. The van der Waals surface area contributed by atoms with Crippen LogP contribution in [0.2, 0.25) is 5.02 Å². The van der Waals surface area contributed by atoms with Crippen LogP contribution in [0, 0.1) is 5.92 Å². The topological polar surface area (TPSA) is 57.6 Å². The van der Waals surface area contributed by atoms with Gasteiger partial charge in [0, 0.05) is 23.9 Å². The van der Waals surface area contributed by atoms with Gasteiger partial charge < -0.3 is 10.0 Å². The maximum absolute atomic E-state index is 11.8.